The highest BCUT2D eigenvalue weighted by molar-refractivity contribution is 7.21. The average Bonchev–Trinajstić information content (AvgIpc) is 2.89. The number of rotatable bonds is 4. The van der Waals surface area contributed by atoms with Crippen molar-refractivity contribution in [2.24, 2.45) is 0 Å². The number of nitrogens with one attached hydrogen (secondary N) is 1. The lowest BCUT2D eigenvalue weighted by atomic mass is 10.2. The first-order chi connectivity index (χ1) is 11.6. The van der Waals surface area contributed by atoms with E-state index in [1.807, 2.05) is 24.3 Å². The number of carbonyl (C=O) groups excluding carboxylic acids is 1. The summed E-state index contributed by atoms with van der Waals surface area (Å²) in [4.78, 5) is 12.3. The molecule has 8 heteroatoms. The van der Waals surface area contributed by atoms with Gasteiger partial charge in [0.25, 0.3) is 5.91 Å². The third-order valence-corrected chi connectivity index (χ3v) is 4.49. The molecule has 1 aromatic heterocycles. The van der Waals surface area contributed by atoms with Crippen LogP contribution in [0.15, 0.2) is 42.5 Å². The molecule has 0 spiro atoms. The van der Waals surface area contributed by atoms with Gasteiger partial charge in [-0.25, -0.2) is 4.57 Å². The number of halogens is 1. The molecule has 0 saturated heterocycles. The van der Waals surface area contributed by atoms with E-state index < -0.39 is 0 Å². The predicted molar refractivity (Wildman–Crippen MR) is 92.8 cm³/mol. The maximum absolute atomic E-state index is 12.3. The molecule has 2 aromatic carbocycles. The summed E-state index contributed by atoms with van der Waals surface area (Å²) in [6, 6.07) is 14.4. The minimum absolute atomic E-state index is 0. The maximum atomic E-state index is 12.3. The molecule has 0 aliphatic carbocycles. The largest absolute Gasteiger partial charge is 1.00 e. The van der Waals surface area contributed by atoms with Gasteiger partial charge in [-0.3, -0.25) is 10.5 Å². The highest BCUT2D eigenvalue weighted by atomic mass is 35.5. The second-order valence-corrected chi connectivity index (χ2v) is 6.16. The number of nitrogens with two attached hydrogens (primary N) is 1. The third-order valence-electron chi connectivity index (χ3n) is 3.52. The van der Waals surface area contributed by atoms with Gasteiger partial charge < -0.3 is 22.5 Å². The lowest BCUT2D eigenvalue weighted by Crippen LogP contribution is -3.00. The predicted octanol–water partition coefficient (Wildman–Crippen LogP) is -0.706. The zero-order valence-corrected chi connectivity index (χ0v) is 14.9. The molecule has 6 nitrogen and oxygen atoms in total. The number of thiazole rings is 1. The van der Waals surface area contributed by atoms with Crippen molar-refractivity contribution in [2.45, 2.75) is 6.54 Å². The van der Waals surface area contributed by atoms with Gasteiger partial charge in [0.1, 0.15) is 11.3 Å². The van der Waals surface area contributed by atoms with Gasteiger partial charge >= 0.3 is 5.13 Å². The van der Waals surface area contributed by atoms with E-state index in [-0.39, 0.29) is 24.9 Å². The van der Waals surface area contributed by atoms with Crippen LogP contribution >= 0.6 is 11.3 Å². The number of nitrogens with zero attached hydrogens (tertiary/aromatic N) is 2. The Bertz CT molecular complexity index is 965. The van der Waals surface area contributed by atoms with Crippen molar-refractivity contribution in [3.8, 4) is 11.8 Å². The summed E-state index contributed by atoms with van der Waals surface area (Å²) in [6.45, 7) is 0.0922. The fourth-order valence-electron chi connectivity index (χ4n) is 2.39. The molecule has 0 fully saturated rings. The van der Waals surface area contributed by atoms with E-state index in [2.05, 4.69) is 5.32 Å². The van der Waals surface area contributed by atoms with Crippen molar-refractivity contribution in [3.05, 3.63) is 48.0 Å². The van der Waals surface area contributed by atoms with Crippen molar-refractivity contribution in [2.75, 3.05) is 18.2 Å². The van der Waals surface area contributed by atoms with E-state index in [0.717, 1.165) is 16.0 Å². The van der Waals surface area contributed by atoms with Crippen LogP contribution in [0.5, 0.6) is 5.75 Å². The van der Waals surface area contributed by atoms with Crippen LogP contribution in [-0.4, -0.2) is 13.0 Å². The molecule has 0 aliphatic rings. The van der Waals surface area contributed by atoms with Crippen LogP contribution in [-0.2, 0) is 11.3 Å². The summed E-state index contributed by atoms with van der Waals surface area (Å²) >= 11 is 1.40. The first-order valence-electron chi connectivity index (χ1n) is 7.16. The monoisotopic (exact) mass is 374 g/mol. The lowest BCUT2D eigenvalue weighted by Gasteiger charge is -2.05. The molecule has 0 saturated carbocycles. The molecule has 3 aromatic rings. The van der Waals surface area contributed by atoms with E-state index in [9.17, 15) is 4.79 Å². The van der Waals surface area contributed by atoms with Gasteiger partial charge in [-0.05, 0) is 41.7 Å². The Morgan fingerprint density at radius 3 is 2.88 bits per heavy atom. The maximum Gasteiger partial charge on any atom is 0.333 e. The third kappa shape index (κ3) is 3.99. The molecule has 0 bridgehead atoms. The Morgan fingerprint density at radius 1 is 1.36 bits per heavy atom. The van der Waals surface area contributed by atoms with Crippen LogP contribution in [0, 0.1) is 11.3 Å². The number of nitrogen functional groups attached to an aromatic ring is 1. The summed E-state index contributed by atoms with van der Waals surface area (Å²) in [7, 11) is 1.61. The number of methoxy groups -OCH3 is 1. The van der Waals surface area contributed by atoms with Crippen molar-refractivity contribution < 1.29 is 26.5 Å². The van der Waals surface area contributed by atoms with Crippen molar-refractivity contribution in [1.82, 2.24) is 0 Å². The Hall–Kier alpha value is -2.82. The minimum atomic E-state index is -0.211. The second kappa shape index (κ2) is 7.83. The molecule has 1 heterocycles. The van der Waals surface area contributed by atoms with Crippen molar-refractivity contribution in [1.29, 1.82) is 5.26 Å². The summed E-state index contributed by atoms with van der Waals surface area (Å²) in [5, 5.41) is 12.2. The molecular weight excluding hydrogens is 360 g/mol. The molecule has 1 amide bonds. The Balaban J connectivity index is 0.00000225. The molecule has 0 aliphatic heterocycles. The fourth-order valence-corrected chi connectivity index (χ4v) is 3.34. The fraction of sp³-hybridized carbons (Fsp3) is 0.118. The SMILES string of the molecule is COc1ccc2c(c1)sc(N)[n+]2CC(=O)Nc1cccc(C#N)c1.[Cl-]. The zero-order valence-electron chi connectivity index (χ0n) is 13.3. The highest BCUT2D eigenvalue weighted by Crippen LogP contribution is 2.26. The van der Waals surface area contributed by atoms with Crippen LogP contribution in [0.25, 0.3) is 10.2 Å². The molecule has 3 N–H and O–H groups in total. The summed E-state index contributed by atoms with van der Waals surface area (Å²) in [6.07, 6.45) is 0. The first kappa shape index (κ1) is 18.5. The van der Waals surface area contributed by atoms with Gasteiger partial charge in [-0.1, -0.05) is 6.07 Å². The van der Waals surface area contributed by atoms with Gasteiger partial charge in [-0.2, -0.15) is 5.26 Å². The number of amides is 1. The van der Waals surface area contributed by atoms with Crippen LogP contribution < -0.4 is 32.8 Å². The lowest BCUT2D eigenvalue weighted by molar-refractivity contribution is -0.639. The molecule has 25 heavy (non-hydrogen) atoms. The molecular formula is C17H15ClN4O2S. The quantitative estimate of drug-likeness (QED) is 0.590. The van der Waals surface area contributed by atoms with Crippen LogP contribution in [0.1, 0.15) is 5.56 Å². The number of hydrogen-bond acceptors (Lipinski definition) is 5. The van der Waals surface area contributed by atoms with Gasteiger partial charge in [0, 0.05) is 11.8 Å². The zero-order chi connectivity index (χ0) is 17.1. The van der Waals surface area contributed by atoms with Gasteiger partial charge in [0.15, 0.2) is 6.54 Å². The Labute approximate surface area is 154 Å². The van der Waals surface area contributed by atoms with E-state index in [4.69, 9.17) is 15.7 Å². The van der Waals surface area contributed by atoms with Crippen LogP contribution in [0.2, 0.25) is 0 Å². The molecule has 128 valence electrons. The van der Waals surface area contributed by atoms with E-state index in [0.29, 0.717) is 16.4 Å². The number of ether oxygens (including phenoxy) is 1. The molecule has 3 rings (SSSR count). The number of benzene rings is 2. The molecule has 0 atom stereocenters. The summed E-state index contributed by atoms with van der Waals surface area (Å²) < 4.78 is 7.91. The summed E-state index contributed by atoms with van der Waals surface area (Å²) in [5.74, 6) is 0.533. The molecule has 0 unspecified atom stereocenters. The van der Waals surface area contributed by atoms with Crippen molar-refractivity contribution >= 4 is 38.3 Å². The van der Waals surface area contributed by atoms with Gasteiger partial charge in [0.05, 0.1) is 23.4 Å². The second-order valence-electron chi connectivity index (χ2n) is 5.10. The van der Waals surface area contributed by atoms with Crippen LogP contribution in [0.4, 0.5) is 10.8 Å². The Kier molecular flexibility index (Phi) is 5.80. The van der Waals surface area contributed by atoms with Crippen LogP contribution in [0.3, 0.4) is 0 Å². The highest BCUT2D eigenvalue weighted by Gasteiger charge is 2.18. The Morgan fingerprint density at radius 2 is 2.16 bits per heavy atom. The standard InChI is InChI=1S/C17H14N4O2S.ClH/c1-23-13-5-6-14-15(8-13)24-17(19)21(14)10-16(22)20-12-4-2-3-11(7-12)9-18;/h2-8,19H,10H2,1H3,(H,20,22);1H. The van der Waals surface area contributed by atoms with E-state index in [1.54, 1.807) is 35.9 Å². The van der Waals surface area contributed by atoms with Gasteiger partial charge in [-0.15, -0.1) is 0 Å². The number of fused-ring (bicyclic) bond motifs is 1. The van der Waals surface area contributed by atoms with E-state index >= 15 is 0 Å². The van der Waals surface area contributed by atoms with Crippen molar-refractivity contribution in [3.63, 3.8) is 0 Å². The smallest absolute Gasteiger partial charge is 0.333 e. The minimum Gasteiger partial charge on any atom is -1.00 e. The number of nitriles is 1. The number of carbonyl (C=O) groups is 1. The first-order valence-corrected chi connectivity index (χ1v) is 7.98. The normalized spacial score (nSPS) is 9.92. The molecule has 0 radical (unpaired) electrons. The number of aromatic nitrogens is 1. The average molecular weight is 375 g/mol. The number of hydrogen-bond donors (Lipinski definition) is 2. The number of anilines is 2. The van der Waals surface area contributed by atoms with E-state index in [1.165, 1.54) is 11.3 Å². The van der Waals surface area contributed by atoms with Gasteiger partial charge in [0.2, 0.25) is 0 Å². The topological polar surface area (TPSA) is 92.0 Å². The summed E-state index contributed by atoms with van der Waals surface area (Å²) in [5.41, 5.74) is 8.00.